The lowest BCUT2D eigenvalue weighted by Gasteiger charge is -2.33. The Balaban J connectivity index is 2.08. The number of aromatic nitrogens is 2. The zero-order chi connectivity index (χ0) is 10.8. The first-order chi connectivity index (χ1) is 7.20. The number of anilines is 1. The molecule has 2 atom stereocenters. The van der Waals surface area contributed by atoms with Gasteiger partial charge in [0.15, 0.2) is 0 Å². The minimum atomic E-state index is 0.0205. The molecule has 1 aliphatic heterocycles. The first-order valence-corrected chi connectivity index (χ1v) is 4.73. The molecule has 0 saturated carbocycles. The number of hydrogen-bond acceptors (Lipinski definition) is 4. The van der Waals surface area contributed by atoms with Crippen LogP contribution in [0.25, 0.3) is 0 Å². The standard InChI is InChI=1S/C9H13N3O3/c1-6-8(4-14-6)15-9-7(10-5-13)3-12(2)11-9/h3,5-6,8H,4H2,1-2H3,(H,10,13)/t6-,8-/m0/s1. The van der Waals surface area contributed by atoms with E-state index >= 15 is 0 Å². The molecule has 1 N–H and O–H groups in total. The van der Waals surface area contributed by atoms with E-state index in [1.54, 1.807) is 17.9 Å². The molecular formula is C9H13N3O3. The summed E-state index contributed by atoms with van der Waals surface area (Å²) in [7, 11) is 1.77. The molecule has 1 amide bonds. The summed E-state index contributed by atoms with van der Waals surface area (Å²) in [4.78, 5) is 10.3. The molecule has 6 heteroatoms. The third-order valence-corrected chi connectivity index (χ3v) is 2.32. The second kappa shape index (κ2) is 3.90. The molecule has 0 unspecified atom stereocenters. The lowest BCUT2D eigenvalue weighted by molar-refractivity contribution is -0.140. The van der Waals surface area contributed by atoms with Gasteiger partial charge in [-0.1, -0.05) is 0 Å². The number of nitrogens with one attached hydrogen (secondary N) is 1. The fourth-order valence-corrected chi connectivity index (χ4v) is 1.36. The minimum absolute atomic E-state index is 0.0205. The van der Waals surface area contributed by atoms with Crippen LogP contribution in [0.4, 0.5) is 5.69 Å². The molecule has 6 nitrogen and oxygen atoms in total. The van der Waals surface area contributed by atoms with Gasteiger partial charge in [0.05, 0.1) is 18.9 Å². The molecule has 82 valence electrons. The second-order valence-electron chi connectivity index (χ2n) is 3.48. The van der Waals surface area contributed by atoms with Crippen LogP contribution in [-0.2, 0) is 16.6 Å². The molecule has 0 bridgehead atoms. The number of hydrogen-bond donors (Lipinski definition) is 1. The van der Waals surface area contributed by atoms with Crippen molar-refractivity contribution in [3.63, 3.8) is 0 Å². The van der Waals surface area contributed by atoms with Gasteiger partial charge < -0.3 is 14.8 Å². The van der Waals surface area contributed by atoms with Crippen LogP contribution >= 0.6 is 0 Å². The SMILES string of the molecule is C[C@@H]1OC[C@@H]1Oc1nn(C)cc1NC=O. The van der Waals surface area contributed by atoms with Gasteiger partial charge in [-0.15, -0.1) is 5.10 Å². The first-order valence-electron chi connectivity index (χ1n) is 4.73. The Hall–Kier alpha value is -1.56. The fourth-order valence-electron chi connectivity index (χ4n) is 1.36. The largest absolute Gasteiger partial charge is 0.467 e. The predicted octanol–water partition coefficient (Wildman–Crippen LogP) is 0.154. The zero-order valence-electron chi connectivity index (χ0n) is 8.64. The number of ether oxygens (including phenoxy) is 2. The topological polar surface area (TPSA) is 65.4 Å². The smallest absolute Gasteiger partial charge is 0.257 e. The van der Waals surface area contributed by atoms with Crippen molar-refractivity contribution in [2.45, 2.75) is 19.1 Å². The third kappa shape index (κ3) is 1.94. The number of rotatable bonds is 4. The summed E-state index contributed by atoms with van der Waals surface area (Å²) in [6.45, 7) is 2.50. The number of aryl methyl sites for hydroxylation is 1. The van der Waals surface area contributed by atoms with Gasteiger partial charge in [-0.2, -0.15) is 0 Å². The van der Waals surface area contributed by atoms with Gasteiger partial charge >= 0.3 is 0 Å². The Morgan fingerprint density at radius 2 is 2.60 bits per heavy atom. The van der Waals surface area contributed by atoms with E-state index in [-0.39, 0.29) is 12.2 Å². The van der Waals surface area contributed by atoms with Crippen LogP contribution in [0.5, 0.6) is 5.88 Å². The summed E-state index contributed by atoms with van der Waals surface area (Å²) in [5.41, 5.74) is 0.576. The summed E-state index contributed by atoms with van der Waals surface area (Å²) in [6.07, 6.45) is 2.39. The van der Waals surface area contributed by atoms with Crippen LogP contribution in [-0.4, -0.2) is 35.0 Å². The van der Waals surface area contributed by atoms with Gasteiger partial charge in [-0.25, -0.2) is 0 Å². The maximum absolute atomic E-state index is 10.3. The Bertz CT molecular complexity index is 363. The third-order valence-electron chi connectivity index (χ3n) is 2.32. The van der Waals surface area contributed by atoms with Crippen molar-refractivity contribution in [2.24, 2.45) is 7.05 Å². The van der Waals surface area contributed by atoms with Crippen molar-refractivity contribution in [1.29, 1.82) is 0 Å². The molecule has 1 saturated heterocycles. The van der Waals surface area contributed by atoms with E-state index < -0.39 is 0 Å². The van der Waals surface area contributed by atoms with E-state index in [0.29, 0.717) is 24.6 Å². The summed E-state index contributed by atoms with van der Waals surface area (Å²) in [5.74, 6) is 0.435. The Kier molecular flexibility index (Phi) is 2.59. The first kappa shape index (κ1) is 9.97. The molecule has 0 radical (unpaired) electrons. The molecular weight excluding hydrogens is 198 g/mol. The number of amides is 1. The predicted molar refractivity (Wildman–Crippen MR) is 52.7 cm³/mol. The summed E-state index contributed by atoms with van der Waals surface area (Å²) >= 11 is 0. The van der Waals surface area contributed by atoms with Crippen molar-refractivity contribution in [3.05, 3.63) is 6.20 Å². The molecule has 0 aromatic carbocycles. The maximum Gasteiger partial charge on any atom is 0.257 e. The van der Waals surface area contributed by atoms with Gasteiger partial charge in [0, 0.05) is 7.05 Å². The van der Waals surface area contributed by atoms with Crippen LogP contribution in [0.1, 0.15) is 6.92 Å². The monoisotopic (exact) mass is 211 g/mol. The van der Waals surface area contributed by atoms with E-state index in [1.807, 2.05) is 6.92 Å². The van der Waals surface area contributed by atoms with Crippen molar-refractivity contribution in [2.75, 3.05) is 11.9 Å². The van der Waals surface area contributed by atoms with Crippen LogP contribution in [0, 0.1) is 0 Å². The molecule has 1 fully saturated rings. The summed E-state index contributed by atoms with van der Waals surface area (Å²) < 4.78 is 12.3. The quantitative estimate of drug-likeness (QED) is 0.720. The molecule has 0 spiro atoms. The number of carbonyl (C=O) groups excluding carboxylic acids is 1. The highest BCUT2D eigenvalue weighted by Crippen LogP contribution is 2.25. The molecule has 1 aliphatic rings. The van der Waals surface area contributed by atoms with E-state index in [0.717, 1.165) is 0 Å². The van der Waals surface area contributed by atoms with E-state index in [9.17, 15) is 4.79 Å². The van der Waals surface area contributed by atoms with E-state index in [1.165, 1.54) is 0 Å². The van der Waals surface area contributed by atoms with Crippen molar-refractivity contribution >= 4 is 12.1 Å². The molecule has 2 heterocycles. The summed E-state index contributed by atoms with van der Waals surface area (Å²) in [6, 6.07) is 0. The Labute approximate surface area is 87.2 Å². The average Bonchev–Trinajstić information content (AvgIpc) is 2.54. The lowest BCUT2D eigenvalue weighted by atomic mass is 10.2. The highest BCUT2D eigenvalue weighted by Gasteiger charge is 2.31. The molecule has 1 aromatic heterocycles. The van der Waals surface area contributed by atoms with Crippen molar-refractivity contribution < 1.29 is 14.3 Å². The zero-order valence-corrected chi connectivity index (χ0v) is 8.64. The van der Waals surface area contributed by atoms with Crippen molar-refractivity contribution in [1.82, 2.24) is 9.78 Å². The maximum atomic E-state index is 10.3. The molecule has 2 rings (SSSR count). The van der Waals surface area contributed by atoms with Crippen LogP contribution < -0.4 is 10.1 Å². The average molecular weight is 211 g/mol. The molecule has 0 aliphatic carbocycles. The highest BCUT2D eigenvalue weighted by molar-refractivity contribution is 5.73. The van der Waals surface area contributed by atoms with Crippen LogP contribution in [0.15, 0.2) is 6.20 Å². The fraction of sp³-hybridized carbons (Fsp3) is 0.556. The number of nitrogens with zero attached hydrogens (tertiary/aromatic N) is 2. The van der Waals surface area contributed by atoms with E-state index in [4.69, 9.17) is 9.47 Å². The van der Waals surface area contributed by atoms with Gasteiger partial charge in [0.2, 0.25) is 6.41 Å². The summed E-state index contributed by atoms with van der Waals surface area (Å²) in [5, 5.41) is 6.64. The Morgan fingerprint density at radius 3 is 3.13 bits per heavy atom. The van der Waals surface area contributed by atoms with Crippen LogP contribution in [0.2, 0.25) is 0 Å². The van der Waals surface area contributed by atoms with Crippen molar-refractivity contribution in [3.8, 4) is 5.88 Å². The van der Waals surface area contributed by atoms with Gasteiger partial charge in [0.25, 0.3) is 5.88 Å². The lowest BCUT2D eigenvalue weighted by Crippen LogP contribution is -2.46. The van der Waals surface area contributed by atoms with Crippen LogP contribution in [0.3, 0.4) is 0 Å². The highest BCUT2D eigenvalue weighted by atomic mass is 16.6. The van der Waals surface area contributed by atoms with Gasteiger partial charge in [0.1, 0.15) is 11.8 Å². The second-order valence-corrected chi connectivity index (χ2v) is 3.48. The Morgan fingerprint density at radius 1 is 1.80 bits per heavy atom. The number of carbonyl (C=O) groups is 1. The van der Waals surface area contributed by atoms with E-state index in [2.05, 4.69) is 10.4 Å². The molecule has 15 heavy (non-hydrogen) atoms. The van der Waals surface area contributed by atoms with Gasteiger partial charge in [-0.3, -0.25) is 9.48 Å². The normalized spacial score (nSPS) is 24.4. The minimum Gasteiger partial charge on any atom is -0.467 e. The molecule has 1 aromatic rings. The van der Waals surface area contributed by atoms with Gasteiger partial charge in [-0.05, 0) is 6.92 Å².